The first-order valence-electron chi connectivity index (χ1n) is 10.5. The highest BCUT2D eigenvalue weighted by Gasteiger charge is 2.29. The van der Waals surface area contributed by atoms with Gasteiger partial charge in [0.2, 0.25) is 0 Å². The summed E-state index contributed by atoms with van der Waals surface area (Å²) in [7, 11) is 0.634. The summed E-state index contributed by atoms with van der Waals surface area (Å²) >= 11 is 0. The fourth-order valence-corrected chi connectivity index (χ4v) is 3.18. The zero-order valence-corrected chi connectivity index (χ0v) is 18.1. The van der Waals surface area contributed by atoms with E-state index in [1.807, 2.05) is 54.6 Å². The summed E-state index contributed by atoms with van der Waals surface area (Å²) in [6, 6.07) is 24.6. The molecule has 1 aliphatic rings. The van der Waals surface area contributed by atoms with Crippen LogP contribution in [0.2, 0.25) is 0 Å². The van der Waals surface area contributed by atoms with E-state index in [4.69, 9.17) is 18.8 Å². The van der Waals surface area contributed by atoms with Gasteiger partial charge in [-0.25, -0.2) is 0 Å². The van der Waals surface area contributed by atoms with Crippen molar-refractivity contribution in [1.29, 1.82) is 0 Å². The Labute approximate surface area is 192 Å². The summed E-state index contributed by atoms with van der Waals surface area (Å²) in [4.78, 5) is 1.42. The molecule has 0 spiro atoms. The molecule has 0 radical (unpaired) electrons. The van der Waals surface area contributed by atoms with Crippen molar-refractivity contribution >= 4 is 12.6 Å². The number of para-hydroxylation sites is 1. The molecule has 0 aromatic heterocycles. The molecule has 0 aliphatic carbocycles. The maximum absolute atomic E-state index is 9.85. The summed E-state index contributed by atoms with van der Waals surface area (Å²) in [6.07, 6.45) is 3.39. The standard InChI is InChI=1S/C25H24BNO6/c1-27-17-24(28)32-26(33-25(29)18-27)20-9-13-21(14-10-20)30-16-15-19-7-11-23(12-8-19)31-22-5-3-2-4-6-22/h2-14,17-18,28-29H,15-16H2,1H3/b24-17-,25-18?. The van der Waals surface area contributed by atoms with Crippen LogP contribution in [0.4, 0.5) is 0 Å². The lowest BCUT2D eigenvalue weighted by Gasteiger charge is -2.20. The van der Waals surface area contributed by atoms with E-state index < -0.39 is 7.12 Å². The van der Waals surface area contributed by atoms with Crippen molar-refractivity contribution in [1.82, 2.24) is 4.90 Å². The van der Waals surface area contributed by atoms with Crippen LogP contribution in [0.3, 0.4) is 0 Å². The van der Waals surface area contributed by atoms with Gasteiger partial charge in [0.15, 0.2) is 0 Å². The monoisotopic (exact) mass is 445 g/mol. The van der Waals surface area contributed by atoms with Gasteiger partial charge in [0, 0.05) is 18.9 Å². The number of hydrogen-bond donors (Lipinski definition) is 2. The van der Waals surface area contributed by atoms with Crippen LogP contribution < -0.4 is 14.9 Å². The molecule has 0 unspecified atom stereocenters. The largest absolute Gasteiger partial charge is 0.636 e. The van der Waals surface area contributed by atoms with Gasteiger partial charge < -0.3 is 33.9 Å². The quantitative estimate of drug-likeness (QED) is 0.519. The van der Waals surface area contributed by atoms with Gasteiger partial charge >= 0.3 is 7.12 Å². The molecule has 0 atom stereocenters. The molecule has 7 nitrogen and oxygen atoms in total. The molecule has 0 saturated carbocycles. The van der Waals surface area contributed by atoms with E-state index in [0.29, 0.717) is 17.8 Å². The Hall–Kier alpha value is -4.20. The highest BCUT2D eigenvalue weighted by molar-refractivity contribution is 6.61. The summed E-state index contributed by atoms with van der Waals surface area (Å²) in [5, 5.41) is 19.7. The fraction of sp³-hybridized carbons (Fsp3) is 0.120. The molecule has 0 saturated heterocycles. The Kier molecular flexibility index (Phi) is 6.95. The molecule has 3 aromatic rings. The van der Waals surface area contributed by atoms with Gasteiger partial charge in [-0.05, 0) is 42.0 Å². The van der Waals surface area contributed by atoms with Crippen LogP contribution in [-0.2, 0) is 15.7 Å². The third kappa shape index (κ3) is 6.40. The molecule has 33 heavy (non-hydrogen) atoms. The predicted octanol–water partition coefficient (Wildman–Crippen LogP) is 4.49. The molecular weight excluding hydrogens is 421 g/mol. The molecule has 0 bridgehead atoms. The Balaban J connectivity index is 1.28. The van der Waals surface area contributed by atoms with Crippen molar-refractivity contribution in [3.8, 4) is 17.2 Å². The van der Waals surface area contributed by atoms with Gasteiger partial charge in [-0.15, -0.1) is 0 Å². The lowest BCUT2D eigenvalue weighted by atomic mass is 9.79. The van der Waals surface area contributed by atoms with Gasteiger partial charge in [0.25, 0.3) is 11.9 Å². The van der Waals surface area contributed by atoms with E-state index in [9.17, 15) is 10.2 Å². The first-order valence-corrected chi connectivity index (χ1v) is 10.5. The van der Waals surface area contributed by atoms with E-state index in [2.05, 4.69) is 0 Å². The van der Waals surface area contributed by atoms with E-state index in [0.717, 1.165) is 23.5 Å². The molecule has 0 fully saturated rings. The zero-order chi connectivity index (χ0) is 23.0. The Morgan fingerprint density at radius 2 is 1.33 bits per heavy atom. The number of nitrogens with zero attached hydrogens (tertiary/aromatic N) is 1. The van der Waals surface area contributed by atoms with E-state index in [-0.39, 0.29) is 11.9 Å². The molecule has 1 heterocycles. The average Bonchev–Trinajstić information content (AvgIpc) is 2.80. The van der Waals surface area contributed by atoms with Crippen molar-refractivity contribution in [3.63, 3.8) is 0 Å². The fourth-order valence-electron chi connectivity index (χ4n) is 3.18. The van der Waals surface area contributed by atoms with Crippen LogP contribution >= 0.6 is 0 Å². The maximum Gasteiger partial charge on any atom is 0.636 e. The van der Waals surface area contributed by atoms with Crippen LogP contribution in [0.5, 0.6) is 17.2 Å². The smallest absolute Gasteiger partial charge is 0.494 e. The second kappa shape index (κ2) is 10.4. The zero-order valence-electron chi connectivity index (χ0n) is 18.1. The minimum Gasteiger partial charge on any atom is -0.494 e. The SMILES string of the molecule is CN1C=C(O)OB(c2ccc(OCCc3ccc(Oc4ccccc4)cc3)cc2)O/C(O)=C\1. The predicted molar refractivity (Wildman–Crippen MR) is 125 cm³/mol. The van der Waals surface area contributed by atoms with Crippen LogP contribution in [0.1, 0.15) is 5.56 Å². The number of benzene rings is 3. The summed E-state index contributed by atoms with van der Waals surface area (Å²) in [5.41, 5.74) is 1.75. The van der Waals surface area contributed by atoms with Crippen molar-refractivity contribution in [3.05, 3.63) is 109 Å². The first-order chi connectivity index (χ1) is 16.0. The third-order valence-corrected chi connectivity index (χ3v) is 4.80. The van der Waals surface area contributed by atoms with Crippen LogP contribution in [0.25, 0.3) is 0 Å². The highest BCUT2D eigenvalue weighted by atomic mass is 16.7. The number of aliphatic hydroxyl groups excluding tert-OH is 2. The second-order valence-corrected chi connectivity index (χ2v) is 7.39. The van der Waals surface area contributed by atoms with Crippen LogP contribution in [0.15, 0.2) is 103 Å². The highest BCUT2D eigenvalue weighted by Crippen LogP contribution is 2.21. The van der Waals surface area contributed by atoms with Crippen LogP contribution in [0, 0.1) is 0 Å². The molecule has 0 amide bonds. The minimum absolute atomic E-state index is 0.327. The van der Waals surface area contributed by atoms with E-state index >= 15 is 0 Å². The molecular formula is C25H24BNO6. The Morgan fingerprint density at radius 1 is 0.758 bits per heavy atom. The molecule has 8 heteroatoms. The normalized spacial score (nSPS) is 15.2. The minimum atomic E-state index is -0.989. The summed E-state index contributed by atoms with van der Waals surface area (Å²) in [6.45, 7) is 0.508. The topological polar surface area (TPSA) is 80.6 Å². The Morgan fingerprint density at radius 3 is 1.97 bits per heavy atom. The number of rotatable bonds is 7. The second-order valence-electron chi connectivity index (χ2n) is 7.39. The number of aliphatic hydroxyl groups is 2. The summed E-state index contributed by atoms with van der Waals surface area (Å²) < 4.78 is 22.3. The molecule has 1 aliphatic heterocycles. The van der Waals surface area contributed by atoms with Crippen molar-refractivity contribution in [2.75, 3.05) is 13.7 Å². The molecule has 4 rings (SSSR count). The maximum atomic E-state index is 9.85. The molecule has 3 aromatic carbocycles. The van der Waals surface area contributed by atoms with E-state index in [1.165, 1.54) is 17.3 Å². The van der Waals surface area contributed by atoms with Crippen molar-refractivity contribution < 1.29 is 29.0 Å². The lowest BCUT2D eigenvalue weighted by molar-refractivity contribution is 0.124. The van der Waals surface area contributed by atoms with Gasteiger partial charge in [-0.1, -0.05) is 42.5 Å². The summed E-state index contributed by atoms with van der Waals surface area (Å²) in [5.74, 6) is 1.62. The number of ether oxygens (including phenoxy) is 2. The average molecular weight is 445 g/mol. The van der Waals surface area contributed by atoms with Gasteiger partial charge in [0.05, 0.1) is 19.0 Å². The number of hydrogen-bond acceptors (Lipinski definition) is 7. The van der Waals surface area contributed by atoms with Crippen LogP contribution in [-0.4, -0.2) is 35.9 Å². The van der Waals surface area contributed by atoms with E-state index in [1.54, 1.807) is 31.3 Å². The molecule has 2 N–H and O–H groups in total. The van der Waals surface area contributed by atoms with Crippen molar-refractivity contribution in [2.45, 2.75) is 6.42 Å². The van der Waals surface area contributed by atoms with Gasteiger partial charge in [-0.2, -0.15) is 0 Å². The first kappa shape index (κ1) is 22.0. The Bertz CT molecular complexity index is 1080. The third-order valence-electron chi connectivity index (χ3n) is 4.80. The van der Waals surface area contributed by atoms with Crippen molar-refractivity contribution in [2.24, 2.45) is 0 Å². The lowest BCUT2D eigenvalue weighted by Crippen LogP contribution is -2.37. The van der Waals surface area contributed by atoms with Gasteiger partial charge in [-0.3, -0.25) is 0 Å². The van der Waals surface area contributed by atoms with Gasteiger partial charge in [0.1, 0.15) is 17.2 Å². The molecule has 168 valence electrons.